The van der Waals surface area contributed by atoms with E-state index in [0.717, 1.165) is 11.3 Å². The van der Waals surface area contributed by atoms with Crippen molar-refractivity contribution in [2.45, 2.75) is 6.42 Å². The van der Waals surface area contributed by atoms with Gasteiger partial charge in [0.2, 0.25) is 0 Å². The number of hydrogen-bond acceptors (Lipinski definition) is 3. The van der Waals surface area contributed by atoms with Crippen LogP contribution in [0.3, 0.4) is 0 Å². The third-order valence-electron chi connectivity index (χ3n) is 2.12. The zero-order chi connectivity index (χ0) is 11.4. The van der Waals surface area contributed by atoms with Crippen LogP contribution in [0.1, 0.15) is 5.56 Å². The number of hydrogen-bond donors (Lipinski definition) is 1. The van der Waals surface area contributed by atoms with E-state index in [4.69, 9.17) is 17.3 Å². The van der Waals surface area contributed by atoms with Crippen molar-refractivity contribution in [2.24, 2.45) is 5.73 Å². The van der Waals surface area contributed by atoms with Gasteiger partial charge in [0.1, 0.15) is 0 Å². The standard InChI is InChI=1S/C11H11ClN4/c12-11-9(3-1-5-13)8-16(15-11)10-4-2-6-14-7-10/h1-2,4-8H,3,13H2. The summed E-state index contributed by atoms with van der Waals surface area (Å²) in [6.07, 6.45) is 9.32. The predicted molar refractivity (Wildman–Crippen MR) is 63.4 cm³/mol. The number of rotatable bonds is 3. The van der Waals surface area contributed by atoms with Crippen LogP contribution in [-0.2, 0) is 6.42 Å². The van der Waals surface area contributed by atoms with Crippen LogP contribution in [0.2, 0.25) is 5.15 Å². The average Bonchev–Trinajstić information content (AvgIpc) is 2.69. The Kier molecular flexibility index (Phi) is 3.22. The van der Waals surface area contributed by atoms with Crippen molar-refractivity contribution in [2.75, 3.05) is 0 Å². The van der Waals surface area contributed by atoms with Crippen molar-refractivity contribution in [3.8, 4) is 5.69 Å². The molecule has 82 valence electrons. The first-order valence-electron chi connectivity index (χ1n) is 4.82. The van der Waals surface area contributed by atoms with Crippen LogP contribution in [0.5, 0.6) is 0 Å². The quantitative estimate of drug-likeness (QED) is 0.883. The molecule has 0 aliphatic rings. The van der Waals surface area contributed by atoms with Crippen molar-refractivity contribution >= 4 is 11.6 Å². The molecule has 0 radical (unpaired) electrons. The van der Waals surface area contributed by atoms with E-state index in [1.807, 2.05) is 24.4 Å². The molecule has 16 heavy (non-hydrogen) atoms. The van der Waals surface area contributed by atoms with Gasteiger partial charge in [-0.1, -0.05) is 17.7 Å². The molecule has 0 amide bonds. The number of nitrogens with zero attached hydrogens (tertiary/aromatic N) is 3. The molecule has 0 atom stereocenters. The number of aromatic nitrogens is 3. The van der Waals surface area contributed by atoms with Crippen LogP contribution >= 0.6 is 11.6 Å². The highest BCUT2D eigenvalue weighted by Gasteiger charge is 2.06. The minimum Gasteiger partial charge on any atom is -0.405 e. The zero-order valence-electron chi connectivity index (χ0n) is 8.55. The molecule has 0 spiro atoms. The van der Waals surface area contributed by atoms with Crippen molar-refractivity contribution in [3.63, 3.8) is 0 Å². The monoisotopic (exact) mass is 234 g/mol. The molecule has 0 saturated heterocycles. The van der Waals surface area contributed by atoms with Crippen LogP contribution in [-0.4, -0.2) is 14.8 Å². The number of halogens is 1. The summed E-state index contributed by atoms with van der Waals surface area (Å²) in [5, 5.41) is 4.69. The zero-order valence-corrected chi connectivity index (χ0v) is 9.30. The smallest absolute Gasteiger partial charge is 0.155 e. The lowest BCUT2D eigenvalue weighted by Crippen LogP contribution is -1.94. The van der Waals surface area contributed by atoms with E-state index in [2.05, 4.69) is 10.1 Å². The van der Waals surface area contributed by atoms with E-state index >= 15 is 0 Å². The summed E-state index contributed by atoms with van der Waals surface area (Å²) in [5.74, 6) is 0. The van der Waals surface area contributed by atoms with Crippen LogP contribution < -0.4 is 5.73 Å². The Labute approximate surface area is 98.4 Å². The molecule has 2 N–H and O–H groups in total. The topological polar surface area (TPSA) is 56.7 Å². The first kappa shape index (κ1) is 10.7. The molecule has 4 nitrogen and oxygen atoms in total. The number of nitrogens with two attached hydrogens (primary N) is 1. The fourth-order valence-electron chi connectivity index (χ4n) is 1.34. The largest absolute Gasteiger partial charge is 0.405 e. The van der Waals surface area contributed by atoms with Crippen molar-refractivity contribution in [1.29, 1.82) is 0 Å². The van der Waals surface area contributed by atoms with Crippen LogP contribution in [0.15, 0.2) is 43.0 Å². The van der Waals surface area contributed by atoms with Gasteiger partial charge in [0.05, 0.1) is 11.9 Å². The summed E-state index contributed by atoms with van der Waals surface area (Å²) < 4.78 is 1.70. The second-order valence-electron chi connectivity index (χ2n) is 3.23. The Morgan fingerprint density at radius 2 is 2.38 bits per heavy atom. The molecular formula is C11H11ClN4. The maximum absolute atomic E-state index is 6.00. The normalized spacial score (nSPS) is 11.1. The maximum atomic E-state index is 6.00. The lowest BCUT2D eigenvalue weighted by molar-refractivity contribution is 0.874. The lowest BCUT2D eigenvalue weighted by atomic mass is 10.2. The number of pyridine rings is 1. The highest BCUT2D eigenvalue weighted by atomic mass is 35.5. The highest BCUT2D eigenvalue weighted by molar-refractivity contribution is 6.30. The molecule has 0 unspecified atom stereocenters. The maximum Gasteiger partial charge on any atom is 0.155 e. The first-order valence-corrected chi connectivity index (χ1v) is 5.20. The summed E-state index contributed by atoms with van der Waals surface area (Å²) in [5.41, 5.74) is 7.10. The third-order valence-corrected chi connectivity index (χ3v) is 2.44. The summed E-state index contributed by atoms with van der Waals surface area (Å²) in [4.78, 5) is 4.02. The molecule has 0 bridgehead atoms. The van der Waals surface area contributed by atoms with Gasteiger partial charge in [-0.2, -0.15) is 5.10 Å². The van der Waals surface area contributed by atoms with Gasteiger partial charge in [0, 0.05) is 18.0 Å². The average molecular weight is 235 g/mol. The predicted octanol–water partition coefficient (Wildman–Crippen LogP) is 1.94. The minimum atomic E-state index is 0.488. The third kappa shape index (κ3) is 2.23. The van der Waals surface area contributed by atoms with Gasteiger partial charge in [-0.05, 0) is 24.8 Å². The van der Waals surface area contributed by atoms with Crippen molar-refractivity contribution in [1.82, 2.24) is 14.8 Å². The van der Waals surface area contributed by atoms with Gasteiger partial charge >= 0.3 is 0 Å². The summed E-state index contributed by atoms with van der Waals surface area (Å²) >= 11 is 6.00. The van der Waals surface area contributed by atoms with Gasteiger partial charge in [-0.3, -0.25) is 4.98 Å². The van der Waals surface area contributed by atoms with Gasteiger partial charge < -0.3 is 5.73 Å². The molecule has 2 aromatic heterocycles. The molecule has 2 aromatic rings. The van der Waals surface area contributed by atoms with Crippen LogP contribution in [0, 0.1) is 0 Å². The molecule has 2 rings (SSSR count). The van der Waals surface area contributed by atoms with Gasteiger partial charge in [-0.25, -0.2) is 4.68 Å². The molecular weight excluding hydrogens is 224 g/mol. The van der Waals surface area contributed by atoms with Crippen LogP contribution in [0.25, 0.3) is 5.69 Å². The van der Waals surface area contributed by atoms with E-state index in [0.29, 0.717) is 11.6 Å². The molecule has 0 fully saturated rings. The molecule has 0 saturated carbocycles. The molecule has 0 aliphatic carbocycles. The highest BCUT2D eigenvalue weighted by Crippen LogP contribution is 2.17. The number of allylic oxidation sites excluding steroid dienone is 1. The van der Waals surface area contributed by atoms with Gasteiger partial charge in [-0.15, -0.1) is 0 Å². The van der Waals surface area contributed by atoms with E-state index in [-0.39, 0.29) is 0 Å². The summed E-state index contributed by atoms with van der Waals surface area (Å²) in [6, 6.07) is 3.77. The van der Waals surface area contributed by atoms with Crippen molar-refractivity contribution in [3.05, 3.63) is 53.7 Å². The minimum absolute atomic E-state index is 0.488. The fraction of sp³-hybridized carbons (Fsp3) is 0.0909. The fourth-order valence-corrected chi connectivity index (χ4v) is 1.55. The summed E-state index contributed by atoms with van der Waals surface area (Å²) in [7, 11) is 0. The summed E-state index contributed by atoms with van der Waals surface area (Å²) in [6.45, 7) is 0. The Balaban J connectivity index is 2.31. The molecule has 2 heterocycles. The first-order chi connectivity index (χ1) is 7.81. The van der Waals surface area contributed by atoms with Crippen molar-refractivity contribution < 1.29 is 0 Å². The Hall–Kier alpha value is -1.81. The van der Waals surface area contributed by atoms with E-state index in [1.165, 1.54) is 6.20 Å². The molecule has 5 heteroatoms. The van der Waals surface area contributed by atoms with E-state index < -0.39 is 0 Å². The van der Waals surface area contributed by atoms with Gasteiger partial charge in [0.25, 0.3) is 0 Å². The molecule has 0 aliphatic heterocycles. The lowest BCUT2D eigenvalue weighted by Gasteiger charge is -1.97. The molecule has 0 aromatic carbocycles. The SMILES string of the molecule is NC=CCc1cn(-c2cccnc2)nc1Cl. The van der Waals surface area contributed by atoms with E-state index in [1.54, 1.807) is 17.1 Å². The van der Waals surface area contributed by atoms with E-state index in [9.17, 15) is 0 Å². The second kappa shape index (κ2) is 4.81. The van der Waals surface area contributed by atoms with Gasteiger partial charge in [0.15, 0.2) is 5.15 Å². The Morgan fingerprint density at radius 1 is 1.50 bits per heavy atom. The second-order valence-corrected chi connectivity index (χ2v) is 3.59. The Morgan fingerprint density at radius 3 is 3.06 bits per heavy atom. The Bertz CT molecular complexity index is 490. The van der Waals surface area contributed by atoms with Crippen LogP contribution in [0.4, 0.5) is 0 Å².